The van der Waals surface area contributed by atoms with Crippen LogP contribution in [0.3, 0.4) is 0 Å². The standard InChI is InChI=1S/C11H12N4O2/c1-7-13-10(6-17-7)8-2-4-9(5-3-8)14-11(16)15-12/h2-6H,12H2,1H3,(H2,14,15,16). The molecule has 0 aliphatic heterocycles. The predicted molar refractivity (Wildman–Crippen MR) is 63.0 cm³/mol. The van der Waals surface area contributed by atoms with E-state index < -0.39 is 6.03 Å². The Bertz CT molecular complexity index is 519. The van der Waals surface area contributed by atoms with E-state index >= 15 is 0 Å². The highest BCUT2D eigenvalue weighted by atomic mass is 16.3. The predicted octanol–water partition coefficient (Wildman–Crippen LogP) is 1.65. The van der Waals surface area contributed by atoms with Crippen molar-refractivity contribution in [2.75, 3.05) is 5.32 Å². The molecule has 0 atom stereocenters. The van der Waals surface area contributed by atoms with Crippen LogP contribution in [0.2, 0.25) is 0 Å². The van der Waals surface area contributed by atoms with Crippen LogP contribution >= 0.6 is 0 Å². The zero-order valence-electron chi connectivity index (χ0n) is 9.23. The van der Waals surface area contributed by atoms with Crippen LogP contribution in [0.25, 0.3) is 11.3 Å². The number of benzene rings is 1. The van der Waals surface area contributed by atoms with Gasteiger partial charge in [-0.25, -0.2) is 15.6 Å². The number of rotatable bonds is 2. The van der Waals surface area contributed by atoms with Gasteiger partial charge in [-0.15, -0.1) is 0 Å². The van der Waals surface area contributed by atoms with Crippen LogP contribution in [-0.4, -0.2) is 11.0 Å². The Balaban J connectivity index is 2.15. The number of urea groups is 1. The van der Waals surface area contributed by atoms with Crippen molar-refractivity contribution in [2.24, 2.45) is 5.84 Å². The smallest absolute Gasteiger partial charge is 0.333 e. The molecular formula is C11H12N4O2. The summed E-state index contributed by atoms with van der Waals surface area (Å²) in [5.74, 6) is 5.57. The largest absolute Gasteiger partial charge is 0.449 e. The SMILES string of the molecule is Cc1nc(-c2ccc(NC(=O)NN)cc2)co1. The average Bonchev–Trinajstić information content (AvgIpc) is 2.77. The molecule has 6 nitrogen and oxygen atoms in total. The summed E-state index contributed by atoms with van der Waals surface area (Å²) in [5, 5.41) is 2.56. The number of nitrogens with two attached hydrogens (primary N) is 1. The van der Waals surface area contributed by atoms with E-state index in [1.165, 1.54) is 0 Å². The first kappa shape index (κ1) is 11.2. The van der Waals surface area contributed by atoms with Crippen LogP contribution in [0.5, 0.6) is 0 Å². The van der Waals surface area contributed by atoms with Crippen molar-refractivity contribution >= 4 is 11.7 Å². The highest BCUT2D eigenvalue weighted by Crippen LogP contribution is 2.20. The Morgan fingerprint density at radius 2 is 2.06 bits per heavy atom. The first-order valence-electron chi connectivity index (χ1n) is 4.99. The summed E-state index contributed by atoms with van der Waals surface area (Å²) in [6, 6.07) is 6.73. The zero-order valence-corrected chi connectivity index (χ0v) is 9.23. The molecule has 0 aliphatic rings. The molecule has 2 aromatic rings. The van der Waals surface area contributed by atoms with E-state index in [0.717, 1.165) is 11.3 Å². The van der Waals surface area contributed by atoms with Crippen LogP contribution in [-0.2, 0) is 0 Å². The number of aryl methyl sites for hydroxylation is 1. The first-order chi connectivity index (χ1) is 8.19. The number of hydrazine groups is 1. The number of amides is 2. The molecule has 6 heteroatoms. The van der Waals surface area contributed by atoms with Crippen molar-refractivity contribution < 1.29 is 9.21 Å². The molecule has 88 valence electrons. The topological polar surface area (TPSA) is 93.2 Å². The van der Waals surface area contributed by atoms with Crippen molar-refractivity contribution in [3.8, 4) is 11.3 Å². The monoisotopic (exact) mass is 232 g/mol. The van der Waals surface area contributed by atoms with Crippen LogP contribution < -0.4 is 16.6 Å². The van der Waals surface area contributed by atoms with Crippen molar-refractivity contribution in [1.29, 1.82) is 0 Å². The molecule has 0 fully saturated rings. The van der Waals surface area contributed by atoms with Crippen molar-refractivity contribution in [3.63, 3.8) is 0 Å². The molecule has 1 aromatic heterocycles. The Kier molecular flexibility index (Phi) is 3.06. The molecular weight excluding hydrogens is 220 g/mol. The number of oxazole rings is 1. The number of carbonyl (C=O) groups is 1. The summed E-state index contributed by atoms with van der Waals surface area (Å²) >= 11 is 0. The normalized spacial score (nSPS) is 10.0. The maximum absolute atomic E-state index is 11.0. The molecule has 2 rings (SSSR count). The van der Waals surface area contributed by atoms with E-state index in [2.05, 4.69) is 10.3 Å². The van der Waals surface area contributed by atoms with Gasteiger partial charge in [-0.1, -0.05) is 12.1 Å². The fourth-order valence-corrected chi connectivity index (χ4v) is 1.39. The minimum absolute atomic E-state index is 0.463. The lowest BCUT2D eigenvalue weighted by Crippen LogP contribution is -2.34. The Morgan fingerprint density at radius 3 is 2.59 bits per heavy atom. The van der Waals surface area contributed by atoms with Gasteiger partial charge in [0, 0.05) is 18.2 Å². The molecule has 2 amide bonds. The van der Waals surface area contributed by atoms with Gasteiger partial charge in [-0.05, 0) is 12.1 Å². The van der Waals surface area contributed by atoms with Crippen LogP contribution in [0, 0.1) is 6.92 Å². The van der Waals surface area contributed by atoms with Gasteiger partial charge in [-0.2, -0.15) is 0 Å². The van der Waals surface area contributed by atoms with Gasteiger partial charge < -0.3 is 9.73 Å². The number of nitrogens with one attached hydrogen (secondary N) is 2. The van der Waals surface area contributed by atoms with Crippen LogP contribution in [0.4, 0.5) is 10.5 Å². The number of nitrogens with zero attached hydrogens (tertiary/aromatic N) is 1. The third kappa shape index (κ3) is 2.61. The summed E-state index contributed by atoms with van der Waals surface area (Å²) in [6.07, 6.45) is 1.59. The van der Waals surface area contributed by atoms with Gasteiger partial charge in [0.2, 0.25) is 0 Å². The second-order valence-corrected chi connectivity index (χ2v) is 3.43. The van der Waals surface area contributed by atoms with Gasteiger partial charge in [-0.3, -0.25) is 5.43 Å². The Morgan fingerprint density at radius 1 is 1.35 bits per heavy atom. The van der Waals surface area contributed by atoms with E-state index in [1.807, 2.05) is 17.6 Å². The number of hydrogen-bond donors (Lipinski definition) is 3. The second-order valence-electron chi connectivity index (χ2n) is 3.43. The molecule has 0 unspecified atom stereocenters. The number of aromatic nitrogens is 1. The lowest BCUT2D eigenvalue weighted by Gasteiger charge is -2.04. The molecule has 0 radical (unpaired) electrons. The summed E-state index contributed by atoms with van der Waals surface area (Å²) < 4.78 is 5.12. The van der Waals surface area contributed by atoms with Gasteiger partial charge in [0.05, 0.1) is 0 Å². The lowest BCUT2D eigenvalue weighted by molar-refractivity contribution is 0.252. The first-order valence-corrected chi connectivity index (χ1v) is 4.99. The van der Waals surface area contributed by atoms with Crippen LogP contribution in [0.15, 0.2) is 34.9 Å². The number of hydrogen-bond acceptors (Lipinski definition) is 4. The summed E-state index contributed by atoms with van der Waals surface area (Å²) in [4.78, 5) is 15.2. The molecule has 1 heterocycles. The summed E-state index contributed by atoms with van der Waals surface area (Å²) in [7, 11) is 0. The van der Waals surface area contributed by atoms with Gasteiger partial charge in [0.25, 0.3) is 0 Å². The molecule has 17 heavy (non-hydrogen) atoms. The van der Waals surface area contributed by atoms with Crippen molar-refractivity contribution in [3.05, 3.63) is 36.4 Å². The second kappa shape index (κ2) is 4.67. The molecule has 0 saturated carbocycles. The average molecular weight is 232 g/mol. The highest BCUT2D eigenvalue weighted by molar-refractivity contribution is 5.89. The van der Waals surface area contributed by atoms with E-state index in [9.17, 15) is 4.79 Å². The third-order valence-corrected chi connectivity index (χ3v) is 2.19. The molecule has 4 N–H and O–H groups in total. The Hall–Kier alpha value is -2.34. The van der Waals surface area contributed by atoms with E-state index in [0.29, 0.717) is 11.6 Å². The number of anilines is 1. The van der Waals surface area contributed by atoms with Crippen LogP contribution in [0.1, 0.15) is 5.89 Å². The van der Waals surface area contributed by atoms with Gasteiger partial charge in [0.1, 0.15) is 12.0 Å². The van der Waals surface area contributed by atoms with E-state index in [4.69, 9.17) is 10.3 Å². The maximum atomic E-state index is 11.0. The fourth-order valence-electron chi connectivity index (χ4n) is 1.39. The molecule has 1 aromatic carbocycles. The number of carbonyl (C=O) groups excluding carboxylic acids is 1. The van der Waals surface area contributed by atoms with E-state index in [-0.39, 0.29) is 0 Å². The minimum Gasteiger partial charge on any atom is -0.449 e. The summed E-state index contributed by atoms with van der Waals surface area (Å²) in [6.45, 7) is 1.78. The molecule has 0 spiro atoms. The van der Waals surface area contributed by atoms with Crippen molar-refractivity contribution in [2.45, 2.75) is 6.92 Å². The molecule has 0 aliphatic carbocycles. The third-order valence-electron chi connectivity index (χ3n) is 2.19. The molecule has 0 saturated heterocycles. The Labute approximate surface area is 97.8 Å². The fraction of sp³-hybridized carbons (Fsp3) is 0.0909. The minimum atomic E-state index is -0.463. The van der Waals surface area contributed by atoms with E-state index in [1.54, 1.807) is 25.3 Å². The zero-order chi connectivity index (χ0) is 12.3. The lowest BCUT2D eigenvalue weighted by atomic mass is 10.1. The summed E-state index contributed by atoms with van der Waals surface area (Å²) in [5.41, 5.74) is 4.31. The van der Waals surface area contributed by atoms with Gasteiger partial charge in [0.15, 0.2) is 5.89 Å². The highest BCUT2D eigenvalue weighted by Gasteiger charge is 2.04. The molecule has 0 bridgehead atoms. The van der Waals surface area contributed by atoms with Crippen molar-refractivity contribution in [1.82, 2.24) is 10.4 Å². The van der Waals surface area contributed by atoms with Gasteiger partial charge >= 0.3 is 6.03 Å². The quantitative estimate of drug-likeness (QED) is 0.417. The maximum Gasteiger partial charge on any atom is 0.333 e.